The number of halogens is 2. The third-order valence-electron chi connectivity index (χ3n) is 12.3. The molecule has 14 heteroatoms. The smallest absolute Gasteiger partial charge is 0.407 e. The Labute approximate surface area is 343 Å². The minimum Gasteiger partial charge on any atom is -0.465 e. The van der Waals surface area contributed by atoms with Gasteiger partial charge in [0, 0.05) is 76.0 Å². The number of amides is 2. The Kier molecular flexibility index (Phi) is 14.0. The summed E-state index contributed by atoms with van der Waals surface area (Å²) in [6.45, 7) is 21.4. The van der Waals surface area contributed by atoms with Gasteiger partial charge in [0.15, 0.2) is 14.4 Å². The third kappa shape index (κ3) is 10.3. The zero-order valence-corrected chi connectivity index (χ0v) is 36.8. The number of likely N-dealkylation sites (tertiary alicyclic amines) is 1. The highest BCUT2D eigenvalue weighted by Crippen LogP contribution is 2.45. The van der Waals surface area contributed by atoms with Crippen molar-refractivity contribution in [2.24, 2.45) is 23.2 Å². The quantitative estimate of drug-likeness (QED) is 0.134. The average Bonchev–Trinajstić information content (AvgIpc) is 3.73. The van der Waals surface area contributed by atoms with E-state index in [9.17, 15) is 19.1 Å². The van der Waals surface area contributed by atoms with E-state index in [2.05, 4.69) is 33.9 Å². The Balaban J connectivity index is 1.73. The summed E-state index contributed by atoms with van der Waals surface area (Å²) in [6.07, 6.45) is 0.576. The number of hydrogen-bond donors (Lipinski definition) is 1. The van der Waals surface area contributed by atoms with Crippen molar-refractivity contribution in [2.45, 2.75) is 111 Å². The Bertz CT molecular complexity index is 1910. The second-order valence-electron chi connectivity index (χ2n) is 18.6. The number of rotatable bonds is 13. The summed E-state index contributed by atoms with van der Waals surface area (Å²) in [5.41, 5.74) is 0.556. The highest BCUT2D eigenvalue weighted by Gasteiger charge is 2.52. The van der Waals surface area contributed by atoms with Crippen molar-refractivity contribution in [3.05, 3.63) is 77.8 Å². The lowest BCUT2D eigenvalue weighted by Crippen LogP contribution is -2.53. The maximum Gasteiger partial charge on any atom is 0.407 e. The van der Waals surface area contributed by atoms with Crippen molar-refractivity contribution in [2.75, 3.05) is 32.9 Å². The van der Waals surface area contributed by atoms with Gasteiger partial charge >= 0.3 is 12.1 Å². The second-order valence-corrected chi connectivity index (χ2v) is 23.4. The molecule has 318 valence electrons. The molecule has 0 spiro atoms. The maximum atomic E-state index is 15.5. The molecular formula is C44H62F2N4O7Si. The van der Waals surface area contributed by atoms with Gasteiger partial charge < -0.3 is 33.4 Å². The highest BCUT2D eigenvalue weighted by molar-refractivity contribution is 6.74. The van der Waals surface area contributed by atoms with Crippen molar-refractivity contribution in [3.63, 3.8) is 0 Å². The summed E-state index contributed by atoms with van der Waals surface area (Å²) >= 11 is 0. The number of carbonyl (C=O) groups is 3. The first-order valence-electron chi connectivity index (χ1n) is 20.3. The average molecular weight is 825 g/mol. The summed E-state index contributed by atoms with van der Waals surface area (Å²) in [4.78, 5) is 48.8. The fraction of sp³-hybridized carbons (Fsp3) is 0.591. The predicted octanol–water partition coefficient (Wildman–Crippen LogP) is 8.79. The Morgan fingerprint density at radius 2 is 1.69 bits per heavy atom. The van der Waals surface area contributed by atoms with Crippen LogP contribution in [0.4, 0.5) is 13.6 Å². The molecule has 2 aliphatic rings. The van der Waals surface area contributed by atoms with E-state index in [0.717, 1.165) is 23.8 Å². The summed E-state index contributed by atoms with van der Waals surface area (Å²) < 4.78 is 50.3. The van der Waals surface area contributed by atoms with E-state index < -0.39 is 67.4 Å². The predicted molar refractivity (Wildman–Crippen MR) is 220 cm³/mol. The van der Waals surface area contributed by atoms with E-state index in [1.54, 1.807) is 18.0 Å². The highest BCUT2D eigenvalue weighted by atomic mass is 28.4. The number of aromatic nitrogens is 2. The van der Waals surface area contributed by atoms with Crippen LogP contribution in [0.25, 0.3) is 11.3 Å². The molecule has 0 aliphatic carbocycles. The van der Waals surface area contributed by atoms with Crippen LogP contribution in [0.2, 0.25) is 18.1 Å². The van der Waals surface area contributed by atoms with Gasteiger partial charge in [-0.1, -0.05) is 71.9 Å². The molecule has 2 saturated heterocycles. The van der Waals surface area contributed by atoms with E-state index in [4.69, 9.17) is 18.9 Å². The molecule has 2 fully saturated rings. The molecule has 5 rings (SSSR count). The molecule has 1 unspecified atom stereocenters. The molecule has 5 atom stereocenters. The molecule has 58 heavy (non-hydrogen) atoms. The number of carbonyl (C=O) groups excluding carboxylic acids is 2. The molecule has 2 aliphatic heterocycles. The molecule has 11 nitrogen and oxygen atoms in total. The van der Waals surface area contributed by atoms with Gasteiger partial charge in [-0.25, -0.2) is 18.6 Å². The van der Waals surface area contributed by atoms with Gasteiger partial charge in [0.2, 0.25) is 0 Å². The largest absolute Gasteiger partial charge is 0.465 e. The summed E-state index contributed by atoms with van der Waals surface area (Å²) in [7, 11) is -2.29. The van der Waals surface area contributed by atoms with Crippen molar-refractivity contribution in [3.8, 4) is 11.3 Å². The normalized spacial score (nSPS) is 20.5. The van der Waals surface area contributed by atoms with Gasteiger partial charge in [-0.2, -0.15) is 0 Å². The van der Waals surface area contributed by atoms with Gasteiger partial charge in [-0.15, -0.1) is 0 Å². The van der Waals surface area contributed by atoms with Crippen LogP contribution < -0.4 is 0 Å². The molecule has 0 radical (unpaired) electrons. The van der Waals surface area contributed by atoms with Crippen LogP contribution in [0, 0.1) is 34.8 Å². The van der Waals surface area contributed by atoms with Gasteiger partial charge in [0.1, 0.15) is 17.5 Å². The van der Waals surface area contributed by atoms with Gasteiger partial charge in [0.25, 0.3) is 5.91 Å². The maximum absolute atomic E-state index is 15.5. The minimum atomic E-state index is -2.29. The number of benzene rings is 2. The lowest BCUT2D eigenvalue weighted by molar-refractivity contribution is -0.160. The first kappa shape index (κ1) is 45.0. The Morgan fingerprint density at radius 3 is 2.28 bits per heavy atom. The standard InChI is InChI=1S/C44H62F2N4O7Si/c1-28(57-29(2)51)41(52)49(25-35-32(27-56-58(9,10)44(6,7)8)24-50(42(53)54)39(35)43(3,4)5)38(31-18-20-55-21-19-31)40-47-37(34-22-33(45)16-17-36(34)46)26-48(40)23-30-14-12-11-13-15-30/h11-17,22,26,28,31-32,35,38-39H,18-21,23-25,27H2,1-10H3,(H,53,54)/t28-,32-,35-,38+,39?/m0/s1. The topological polar surface area (TPSA) is 123 Å². The molecule has 0 saturated carbocycles. The van der Waals surface area contributed by atoms with Gasteiger partial charge in [-0.05, 0) is 73.0 Å². The van der Waals surface area contributed by atoms with Crippen LogP contribution in [0.5, 0.6) is 0 Å². The van der Waals surface area contributed by atoms with E-state index in [0.29, 0.717) is 45.0 Å². The summed E-state index contributed by atoms with van der Waals surface area (Å²) in [6, 6.07) is 11.6. The molecule has 3 aromatic rings. The number of esters is 1. The van der Waals surface area contributed by atoms with Crippen LogP contribution in [0.3, 0.4) is 0 Å². The second kappa shape index (κ2) is 18.0. The molecule has 2 aromatic carbocycles. The lowest BCUT2D eigenvalue weighted by atomic mass is 9.76. The third-order valence-corrected chi connectivity index (χ3v) is 16.8. The van der Waals surface area contributed by atoms with Crippen LogP contribution in [0.15, 0.2) is 54.7 Å². The number of nitrogens with zero attached hydrogens (tertiary/aromatic N) is 4. The van der Waals surface area contributed by atoms with E-state index in [1.807, 2.05) is 55.7 Å². The Morgan fingerprint density at radius 1 is 1.03 bits per heavy atom. The Hall–Kier alpha value is -4.14. The van der Waals surface area contributed by atoms with Crippen LogP contribution in [0.1, 0.15) is 85.7 Å². The van der Waals surface area contributed by atoms with Crippen molar-refractivity contribution in [1.29, 1.82) is 0 Å². The van der Waals surface area contributed by atoms with E-state index in [-0.39, 0.29) is 41.2 Å². The number of carboxylic acid groups (broad SMARTS) is 1. The first-order valence-corrected chi connectivity index (χ1v) is 23.2. The zero-order chi connectivity index (χ0) is 42.7. The molecule has 3 heterocycles. The fourth-order valence-electron chi connectivity index (χ4n) is 8.39. The number of hydrogen-bond acceptors (Lipinski definition) is 7. The fourth-order valence-corrected chi connectivity index (χ4v) is 9.45. The minimum absolute atomic E-state index is 0.0199. The molecule has 2 amide bonds. The summed E-state index contributed by atoms with van der Waals surface area (Å²) in [5, 5.41) is 10.6. The van der Waals surface area contributed by atoms with Crippen molar-refractivity contribution >= 4 is 26.3 Å². The zero-order valence-electron chi connectivity index (χ0n) is 35.8. The molecular weight excluding hydrogens is 763 g/mol. The molecule has 1 N–H and O–H groups in total. The van der Waals surface area contributed by atoms with E-state index >= 15 is 9.18 Å². The van der Waals surface area contributed by atoms with E-state index in [1.165, 1.54) is 11.8 Å². The van der Waals surface area contributed by atoms with Crippen LogP contribution in [-0.2, 0) is 30.0 Å². The van der Waals surface area contributed by atoms with Crippen LogP contribution >= 0.6 is 0 Å². The molecule has 1 aromatic heterocycles. The molecule has 0 bridgehead atoms. The number of ether oxygens (including phenoxy) is 2. The first-order chi connectivity index (χ1) is 27.1. The SMILES string of the molecule is CC(=O)O[C@@H](C)C(=O)N(C[C@@H]1C(C(C)(C)C)N(C(=O)O)C[C@H]1CO[Si](C)(C)C(C)(C)C)[C@@H](c1nc(-c2cc(F)ccc2F)cn1Cc1ccccc1)C1CCOCC1. The summed E-state index contributed by atoms with van der Waals surface area (Å²) in [5.74, 6) is -2.81. The van der Waals surface area contributed by atoms with Crippen LogP contribution in [-0.4, -0.2) is 95.8 Å². The van der Waals surface area contributed by atoms with Crippen molar-refractivity contribution in [1.82, 2.24) is 19.4 Å². The van der Waals surface area contributed by atoms with Gasteiger partial charge in [0.05, 0.1) is 11.7 Å². The van der Waals surface area contributed by atoms with Gasteiger partial charge in [-0.3, -0.25) is 9.59 Å². The van der Waals surface area contributed by atoms with Crippen molar-refractivity contribution < 1.29 is 42.2 Å². The number of imidazole rings is 1. The monoisotopic (exact) mass is 824 g/mol. The lowest BCUT2D eigenvalue weighted by Gasteiger charge is -2.44.